The molecule has 8 nitrogen and oxygen atoms in total. The normalized spacial score (nSPS) is 7.84. The first kappa shape index (κ1) is 35.4. The van der Waals surface area contributed by atoms with Crippen LogP contribution in [0.2, 0.25) is 0 Å². The molecule has 0 atom stereocenters. The molecule has 0 aromatic rings. The number of hydrogen-bond acceptors (Lipinski definition) is 8. The summed E-state index contributed by atoms with van der Waals surface area (Å²) in [4.78, 5) is 37.7. The van der Waals surface area contributed by atoms with E-state index in [-0.39, 0.29) is 48.1 Å². The van der Waals surface area contributed by atoms with Gasteiger partial charge in [0.2, 0.25) is 0 Å². The molecule has 0 bridgehead atoms. The summed E-state index contributed by atoms with van der Waals surface area (Å²) in [5.74, 6) is 0. The molecule has 0 N–H and O–H groups in total. The van der Waals surface area contributed by atoms with Gasteiger partial charge < -0.3 is 39.6 Å². The third-order valence-electron chi connectivity index (χ3n) is 1.87. The molecule has 0 heterocycles. The molecule has 0 saturated heterocycles. The van der Waals surface area contributed by atoms with Crippen LogP contribution in [0.3, 0.4) is 0 Å². The zero-order valence-corrected chi connectivity index (χ0v) is 16.1. The summed E-state index contributed by atoms with van der Waals surface area (Å²) in [6.07, 6.45) is 6.69. The molecule has 0 radical (unpaired) electrons. The molecular formula is C16H28O8Ti. The van der Waals surface area contributed by atoms with Gasteiger partial charge in [0, 0.05) is 25.7 Å². The van der Waals surface area contributed by atoms with E-state index in [1.54, 1.807) is 0 Å². The smallest absolute Gasteiger partial charge is 0.854 e. The zero-order valence-electron chi connectivity index (χ0n) is 14.6. The summed E-state index contributed by atoms with van der Waals surface area (Å²) in [6.45, 7) is -0.505. The molecule has 0 fully saturated rings. The van der Waals surface area contributed by atoms with Crippen LogP contribution in [0.1, 0.15) is 51.4 Å². The fourth-order valence-electron chi connectivity index (χ4n) is 0.667. The Kier molecular flexibility index (Phi) is 70.0. The van der Waals surface area contributed by atoms with E-state index in [2.05, 4.69) is 0 Å². The van der Waals surface area contributed by atoms with Crippen molar-refractivity contribution in [3.05, 3.63) is 0 Å². The molecule has 0 spiro atoms. The van der Waals surface area contributed by atoms with Crippen molar-refractivity contribution in [2.24, 2.45) is 0 Å². The Labute approximate surface area is 164 Å². The van der Waals surface area contributed by atoms with E-state index in [4.69, 9.17) is 0 Å². The largest absolute Gasteiger partial charge is 4.00 e. The first-order valence-corrected chi connectivity index (χ1v) is 7.73. The van der Waals surface area contributed by atoms with Crippen molar-refractivity contribution in [1.29, 1.82) is 0 Å². The van der Waals surface area contributed by atoms with Gasteiger partial charge in [-0.15, -0.1) is 26.4 Å². The predicted molar refractivity (Wildman–Crippen MR) is 80.7 cm³/mol. The molecule has 0 aliphatic rings. The summed E-state index contributed by atoms with van der Waals surface area (Å²) in [5, 5.41) is 38.1. The van der Waals surface area contributed by atoms with Crippen LogP contribution in [-0.2, 0) is 40.9 Å². The Morgan fingerprint density at radius 2 is 0.600 bits per heavy atom. The van der Waals surface area contributed by atoms with Crippen LogP contribution in [0.4, 0.5) is 0 Å². The fourth-order valence-corrected chi connectivity index (χ4v) is 0.667. The minimum Gasteiger partial charge on any atom is -0.854 e. The molecule has 0 unspecified atom stereocenters. The Balaban J connectivity index is -0.0000000702. The van der Waals surface area contributed by atoms with Gasteiger partial charge in [-0.2, -0.15) is 0 Å². The van der Waals surface area contributed by atoms with E-state index >= 15 is 0 Å². The van der Waals surface area contributed by atoms with Crippen molar-refractivity contribution in [2.45, 2.75) is 51.4 Å². The van der Waals surface area contributed by atoms with Crippen LogP contribution < -0.4 is 20.4 Å². The Hall–Kier alpha value is -0.766. The van der Waals surface area contributed by atoms with E-state index in [0.717, 1.165) is 25.1 Å². The SMILES string of the molecule is O=CCCC[O-].O=CCCC[O-].O=CCCC[O-].O=CCCC[O-].[Ti+4]. The minimum atomic E-state index is -0.126. The van der Waals surface area contributed by atoms with Gasteiger partial charge in [0.05, 0.1) is 0 Å². The predicted octanol–water partition coefficient (Wildman–Crippen LogP) is -2.70. The summed E-state index contributed by atoms with van der Waals surface area (Å²) in [7, 11) is 0. The Morgan fingerprint density at radius 3 is 0.640 bits per heavy atom. The zero-order chi connectivity index (χ0) is 19.3. The van der Waals surface area contributed by atoms with Gasteiger partial charge in [0.15, 0.2) is 0 Å². The quantitative estimate of drug-likeness (QED) is 0.196. The van der Waals surface area contributed by atoms with Gasteiger partial charge in [-0.1, -0.05) is 25.7 Å². The molecule has 0 aromatic carbocycles. The summed E-state index contributed by atoms with van der Waals surface area (Å²) >= 11 is 0. The van der Waals surface area contributed by atoms with Gasteiger partial charge in [-0.25, -0.2) is 0 Å². The van der Waals surface area contributed by atoms with Crippen LogP contribution >= 0.6 is 0 Å². The molecule has 9 heteroatoms. The van der Waals surface area contributed by atoms with Crippen molar-refractivity contribution in [1.82, 2.24) is 0 Å². The molecule has 0 rings (SSSR count). The maximum absolute atomic E-state index is 9.53. The Bertz CT molecular complexity index is 192. The number of unbranched alkanes of at least 4 members (excludes halogenated alkanes) is 4. The van der Waals surface area contributed by atoms with Crippen LogP contribution in [0.15, 0.2) is 0 Å². The number of hydrogen-bond donors (Lipinski definition) is 0. The van der Waals surface area contributed by atoms with E-state index in [9.17, 15) is 39.6 Å². The number of aldehydes is 4. The average molecular weight is 396 g/mol. The second-order valence-corrected chi connectivity index (χ2v) is 4.05. The van der Waals surface area contributed by atoms with Gasteiger partial charge in [-0.3, -0.25) is 0 Å². The van der Waals surface area contributed by atoms with Gasteiger partial charge >= 0.3 is 21.7 Å². The first-order chi connectivity index (χ1) is 11.7. The van der Waals surface area contributed by atoms with Crippen molar-refractivity contribution < 1.29 is 61.3 Å². The van der Waals surface area contributed by atoms with Crippen LogP contribution in [0.25, 0.3) is 0 Å². The average Bonchev–Trinajstić information content (AvgIpc) is 2.62. The number of carbonyl (C=O) groups excluding carboxylic acids is 4. The van der Waals surface area contributed by atoms with E-state index in [1.807, 2.05) is 0 Å². The molecule has 25 heavy (non-hydrogen) atoms. The maximum Gasteiger partial charge on any atom is 4.00 e. The van der Waals surface area contributed by atoms with Gasteiger partial charge in [0.1, 0.15) is 25.1 Å². The topological polar surface area (TPSA) is 161 Å². The fraction of sp³-hybridized carbons (Fsp3) is 0.750. The monoisotopic (exact) mass is 396 g/mol. The van der Waals surface area contributed by atoms with Crippen LogP contribution in [0.5, 0.6) is 0 Å². The second-order valence-electron chi connectivity index (χ2n) is 4.05. The number of rotatable bonds is 12. The molecule has 0 saturated carbocycles. The summed E-state index contributed by atoms with van der Waals surface area (Å²) in [6, 6.07) is 0. The van der Waals surface area contributed by atoms with Crippen molar-refractivity contribution in [2.75, 3.05) is 26.4 Å². The molecular weight excluding hydrogens is 368 g/mol. The van der Waals surface area contributed by atoms with Crippen LogP contribution in [0, 0.1) is 0 Å². The maximum atomic E-state index is 9.53. The van der Waals surface area contributed by atoms with Gasteiger partial charge in [-0.05, 0) is 0 Å². The third kappa shape index (κ3) is 83.0. The van der Waals surface area contributed by atoms with E-state index in [0.29, 0.717) is 51.4 Å². The summed E-state index contributed by atoms with van der Waals surface area (Å²) < 4.78 is 0. The number of carbonyl (C=O) groups is 4. The van der Waals surface area contributed by atoms with Crippen molar-refractivity contribution in [3.63, 3.8) is 0 Å². The summed E-state index contributed by atoms with van der Waals surface area (Å²) in [5.41, 5.74) is 0. The molecule has 0 amide bonds. The van der Waals surface area contributed by atoms with E-state index in [1.165, 1.54) is 0 Å². The van der Waals surface area contributed by atoms with Gasteiger partial charge in [0.25, 0.3) is 0 Å². The molecule has 0 aromatic heterocycles. The van der Waals surface area contributed by atoms with Crippen LogP contribution in [-0.4, -0.2) is 51.6 Å². The molecule has 0 aliphatic carbocycles. The van der Waals surface area contributed by atoms with E-state index < -0.39 is 0 Å². The minimum absolute atomic E-state index is 0. The molecule has 0 aliphatic heterocycles. The standard InChI is InChI=1S/4C4H7O2.Ti/c4*5-3-1-2-4-6;/h4*3H,1-2,4H2;/q4*-1;+4. The van der Waals surface area contributed by atoms with Crippen molar-refractivity contribution >= 4 is 25.1 Å². The van der Waals surface area contributed by atoms with Crippen molar-refractivity contribution in [3.8, 4) is 0 Å². The Morgan fingerprint density at radius 1 is 0.440 bits per heavy atom. The molecule has 144 valence electrons. The first-order valence-electron chi connectivity index (χ1n) is 7.73. The second kappa shape index (κ2) is 49.5. The third-order valence-corrected chi connectivity index (χ3v) is 1.87.